The second-order valence-electron chi connectivity index (χ2n) is 7.85. The van der Waals surface area contributed by atoms with Crippen LogP contribution >= 0.6 is 0 Å². The molecule has 0 spiro atoms. The fourth-order valence-electron chi connectivity index (χ4n) is 5.14. The van der Waals surface area contributed by atoms with E-state index in [2.05, 4.69) is 40.7 Å². The Morgan fingerprint density at radius 1 is 1.27 bits per heavy atom. The number of esters is 1. The van der Waals surface area contributed by atoms with Gasteiger partial charge < -0.3 is 9.72 Å². The number of carbonyl (C=O) groups excluding carboxylic acids is 1. The number of nitrogens with zero attached hydrogens (tertiary/aromatic N) is 1. The molecular weight excluding hydrogens is 412 g/mol. The SMILES string of the molecule is CC[C@@]1(C(C)C(=O)OC)CCC[N+]2=C1c1[nH]c3ccccc3c1CC2.[O-][Cl+3]([O-])([O-])[O-]. The number of aromatic amines is 1. The first-order chi connectivity index (χ1) is 14.1. The number of nitrogens with one attached hydrogen (secondary N) is 1. The molecule has 0 saturated carbocycles. The standard InChI is InChI=1S/C21H26N2O2.ClHO4/c1-4-21(14(2)20(24)25-3)11-7-12-23-13-10-16-15-8-5-6-9-17(15)22-18(16)19(21)23;2-1(3,4)5/h5-6,8-9,14H,4,7,10-13H2,1-3H3;(H,2,3,4,5)/t14?,21-;/m0./s1. The number of carbonyl (C=O) groups is 1. The van der Waals surface area contributed by atoms with Crippen molar-refractivity contribution in [2.24, 2.45) is 11.3 Å². The summed E-state index contributed by atoms with van der Waals surface area (Å²) in [5.41, 5.74) is 5.06. The Hall–Kier alpha value is -1.97. The molecule has 1 aromatic heterocycles. The lowest BCUT2D eigenvalue weighted by Crippen LogP contribution is -2.68. The van der Waals surface area contributed by atoms with Gasteiger partial charge in [0, 0.05) is 23.7 Å². The number of methoxy groups -OCH3 is 1. The number of ether oxygens (including phenoxy) is 1. The van der Waals surface area contributed by atoms with Crippen LogP contribution in [0, 0.1) is 21.6 Å². The minimum Gasteiger partial charge on any atom is -0.469 e. The second kappa shape index (κ2) is 8.64. The van der Waals surface area contributed by atoms with Gasteiger partial charge in [0.15, 0.2) is 0 Å². The summed E-state index contributed by atoms with van der Waals surface area (Å²) < 4.78 is 41.6. The van der Waals surface area contributed by atoms with Gasteiger partial charge >= 0.3 is 5.97 Å². The number of fused-ring (bicyclic) bond motifs is 4. The highest BCUT2D eigenvalue weighted by Gasteiger charge is 2.53. The fraction of sp³-hybridized carbons (Fsp3) is 0.524. The normalized spacial score (nSPS) is 22.0. The number of para-hydroxylation sites is 1. The number of H-pyrrole nitrogens is 1. The summed E-state index contributed by atoms with van der Waals surface area (Å²) in [5.74, 6) is -0.239. The highest BCUT2D eigenvalue weighted by molar-refractivity contribution is 6.08. The van der Waals surface area contributed by atoms with E-state index in [4.69, 9.17) is 23.4 Å². The summed E-state index contributed by atoms with van der Waals surface area (Å²) in [5, 5.41) is 1.32. The van der Waals surface area contributed by atoms with Crippen LogP contribution in [0.3, 0.4) is 0 Å². The van der Waals surface area contributed by atoms with Gasteiger partial charge in [-0.3, -0.25) is 4.79 Å². The molecule has 2 aromatic rings. The Labute approximate surface area is 177 Å². The van der Waals surface area contributed by atoms with Gasteiger partial charge in [-0.25, -0.2) is 23.2 Å². The summed E-state index contributed by atoms with van der Waals surface area (Å²) in [6.07, 6.45) is 4.19. The molecule has 8 nitrogen and oxygen atoms in total. The summed E-state index contributed by atoms with van der Waals surface area (Å²) in [6, 6.07) is 8.55. The number of hydrogen-bond donors (Lipinski definition) is 1. The van der Waals surface area contributed by atoms with E-state index < -0.39 is 10.2 Å². The Kier molecular flexibility index (Phi) is 6.54. The predicted octanol–water partition coefficient (Wildman–Crippen LogP) is -1.23. The smallest absolute Gasteiger partial charge is 0.309 e. The third kappa shape index (κ3) is 4.24. The van der Waals surface area contributed by atoms with E-state index in [1.165, 1.54) is 35.0 Å². The molecule has 2 aliphatic heterocycles. The van der Waals surface area contributed by atoms with Gasteiger partial charge in [-0.05, 0) is 24.5 Å². The number of aromatic nitrogens is 1. The molecular formula is C21H27ClN2O6. The molecule has 3 heterocycles. The molecule has 0 radical (unpaired) electrons. The Morgan fingerprint density at radius 2 is 1.93 bits per heavy atom. The highest BCUT2D eigenvalue weighted by Crippen LogP contribution is 2.45. The zero-order valence-corrected chi connectivity index (χ0v) is 18.2. The van der Waals surface area contributed by atoms with E-state index in [0.29, 0.717) is 0 Å². The minimum absolute atomic E-state index is 0.0977. The number of hydrogen-bond acceptors (Lipinski definition) is 6. The van der Waals surface area contributed by atoms with E-state index >= 15 is 0 Å². The molecule has 9 heteroatoms. The molecule has 2 aliphatic rings. The van der Waals surface area contributed by atoms with Crippen molar-refractivity contribution < 1.29 is 43.0 Å². The molecule has 0 bridgehead atoms. The van der Waals surface area contributed by atoms with Gasteiger partial charge in [0.1, 0.15) is 18.8 Å². The average molecular weight is 439 g/mol. The Bertz CT molecular complexity index is 958. The van der Waals surface area contributed by atoms with E-state index in [-0.39, 0.29) is 17.3 Å². The van der Waals surface area contributed by atoms with Crippen LogP contribution < -0.4 is 18.6 Å². The molecule has 0 fully saturated rings. The second-order valence-corrected chi connectivity index (χ2v) is 8.60. The molecule has 0 amide bonds. The van der Waals surface area contributed by atoms with Crippen LogP contribution in [-0.4, -0.2) is 41.4 Å². The molecule has 30 heavy (non-hydrogen) atoms. The number of benzene rings is 1. The first-order valence-electron chi connectivity index (χ1n) is 10.0. The Balaban J connectivity index is 0.000000461. The monoisotopic (exact) mass is 438 g/mol. The van der Waals surface area contributed by atoms with Crippen LogP contribution in [0.2, 0.25) is 0 Å². The van der Waals surface area contributed by atoms with Gasteiger partial charge in [0.25, 0.3) is 0 Å². The molecule has 1 N–H and O–H groups in total. The van der Waals surface area contributed by atoms with Crippen molar-refractivity contribution in [3.8, 4) is 0 Å². The third-order valence-electron chi connectivity index (χ3n) is 6.54. The maximum atomic E-state index is 12.5. The molecule has 164 valence electrons. The van der Waals surface area contributed by atoms with Crippen molar-refractivity contribution in [2.75, 3.05) is 20.2 Å². The van der Waals surface area contributed by atoms with Crippen LogP contribution in [0.1, 0.15) is 44.4 Å². The van der Waals surface area contributed by atoms with Crippen LogP contribution in [0.25, 0.3) is 10.9 Å². The quantitative estimate of drug-likeness (QED) is 0.470. The summed E-state index contributed by atoms with van der Waals surface area (Å²) in [7, 11) is -3.44. The van der Waals surface area contributed by atoms with Crippen molar-refractivity contribution in [3.63, 3.8) is 0 Å². The van der Waals surface area contributed by atoms with Crippen molar-refractivity contribution >= 4 is 22.6 Å². The van der Waals surface area contributed by atoms with E-state index in [0.717, 1.165) is 38.8 Å². The first kappa shape index (κ1) is 22.7. The van der Waals surface area contributed by atoms with Crippen molar-refractivity contribution in [3.05, 3.63) is 35.5 Å². The minimum atomic E-state index is -4.94. The topological polar surface area (TPSA) is 137 Å². The largest absolute Gasteiger partial charge is 0.469 e. The third-order valence-corrected chi connectivity index (χ3v) is 6.54. The van der Waals surface area contributed by atoms with Crippen molar-refractivity contribution in [1.82, 2.24) is 4.98 Å². The fourth-order valence-corrected chi connectivity index (χ4v) is 5.14. The van der Waals surface area contributed by atoms with Gasteiger partial charge in [-0.2, -0.15) is 0 Å². The van der Waals surface area contributed by atoms with E-state index in [1.807, 2.05) is 6.92 Å². The molecule has 1 unspecified atom stereocenters. The van der Waals surface area contributed by atoms with Gasteiger partial charge in [0.05, 0.1) is 18.4 Å². The van der Waals surface area contributed by atoms with Crippen LogP contribution in [0.4, 0.5) is 0 Å². The zero-order valence-electron chi connectivity index (χ0n) is 17.4. The predicted molar refractivity (Wildman–Crippen MR) is 99.2 cm³/mol. The maximum Gasteiger partial charge on any atom is 0.309 e. The summed E-state index contributed by atoms with van der Waals surface area (Å²) in [4.78, 5) is 16.2. The van der Waals surface area contributed by atoms with Crippen LogP contribution in [0.15, 0.2) is 24.3 Å². The summed E-state index contributed by atoms with van der Waals surface area (Å²) >= 11 is 0. The van der Waals surface area contributed by atoms with Crippen LogP contribution in [0.5, 0.6) is 0 Å². The molecule has 1 aromatic carbocycles. The molecule has 2 atom stereocenters. The van der Waals surface area contributed by atoms with E-state index in [9.17, 15) is 4.79 Å². The lowest BCUT2D eigenvalue weighted by Gasteiger charge is -2.40. The number of halogens is 1. The molecule has 0 aliphatic carbocycles. The summed E-state index contributed by atoms with van der Waals surface area (Å²) in [6.45, 7) is 6.38. The van der Waals surface area contributed by atoms with Gasteiger partial charge in [-0.15, -0.1) is 10.2 Å². The highest BCUT2D eigenvalue weighted by atomic mass is 35.7. The molecule has 4 rings (SSSR count). The van der Waals surface area contributed by atoms with Crippen LogP contribution in [-0.2, 0) is 16.0 Å². The zero-order chi connectivity index (χ0) is 22.1. The number of rotatable bonds is 3. The molecule has 0 saturated heterocycles. The average Bonchev–Trinajstić information content (AvgIpc) is 3.09. The van der Waals surface area contributed by atoms with Crippen molar-refractivity contribution in [2.45, 2.75) is 39.5 Å². The Morgan fingerprint density at radius 3 is 2.57 bits per heavy atom. The maximum absolute atomic E-state index is 12.5. The lowest BCUT2D eigenvalue weighted by atomic mass is 9.64. The van der Waals surface area contributed by atoms with Crippen molar-refractivity contribution in [1.29, 1.82) is 0 Å². The van der Waals surface area contributed by atoms with E-state index in [1.54, 1.807) is 0 Å². The lowest BCUT2D eigenvalue weighted by molar-refractivity contribution is -2.00. The first-order valence-corrected chi connectivity index (χ1v) is 11.3. The van der Waals surface area contributed by atoms with Gasteiger partial charge in [-0.1, -0.05) is 32.0 Å². The van der Waals surface area contributed by atoms with Gasteiger partial charge in [0.2, 0.25) is 5.71 Å².